The Labute approximate surface area is 101 Å². The third-order valence-electron chi connectivity index (χ3n) is 2.61. The average Bonchev–Trinajstić information content (AvgIpc) is 2.29. The molecular weight excluding hydrogens is 221 g/mol. The van der Waals surface area contributed by atoms with Crippen LogP contribution in [0.2, 0.25) is 0 Å². The van der Waals surface area contributed by atoms with E-state index in [9.17, 15) is 9.18 Å². The number of nitrogens with one attached hydrogen (secondary N) is 1. The van der Waals surface area contributed by atoms with Crippen LogP contribution in [0.3, 0.4) is 0 Å². The second-order valence-corrected chi connectivity index (χ2v) is 4.16. The van der Waals surface area contributed by atoms with Gasteiger partial charge in [-0.1, -0.05) is 12.1 Å². The number of hydrogen-bond acceptors (Lipinski definition) is 2. The Balaban J connectivity index is 2.18. The van der Waals surface area contributed by atoms with Crippen LogP contribution in [0.5, 0.6) is 0 Å². The molecule has 1 aromatic carbocycles. The summed E-state index contributed by atoms with van der Waals surface area (Å²) in [4.78, 5) is 10.4. The second-order valence-electron chi connectivity index (χ2n) is 4.16. The number of carboxylic acids is 1. The highest BCUT2D eigenvalue weighted by molar-refractivity contribution is 5.66. The normalized spacial score (nSPS) is 12.4. The van der Waals surface area contributed by atoms with Crippen molar-refractivity contribution in [3.05, 3.63) is 35.6 Å². The number of benzene rings is 1. The number of rotatable bonds is 7. The minimum Gasteiger partial charge on any atom is -0.481 e. The molecule has 0 aromatic heterocycles. The van der Waals surface area contributed by atoms with E-state index in [1.54, 1.807) is 12.1 Å². The quantitative estimate of drug-likeness (QED) is 0.767. The molecule has 1 atom stereocenters. The highest BCUT2D eigenvalue weighted by Gasteiger charge is 2.04. The van der Waals surface area contributed by atoms with E-state index in [2.05, 4.69) is 5.32 Å². The van der Waals surface area contributed by atoms with Crippen molar-refractivity contribution in [2.75, 3.05) is 6.54 Å². The van der Waals surface area contributed by atoms with Crippen molar-refractivity contribution in [3.63, 3.8) is 0 Å². The molecule has 1 rings (SSSR count). The Morgan fingerprint density at radius 1 is 1.41 bits per heavy atom. The summed E-state index contributed by atoms with van der Waals surface area (Å²) in [6, 6.07) is 6.61. The van der Waals surface area contributed by atoms with E-state index in [1.165, 1.54) is 12.1 Å². The molecule has 0 heterocycles. The van der Waals surface area contributed by atoms with Crippen molar-refractivity contribution >= 4 is 5.97 Å². The maximum Gasteiger partial charge on any atom is 0.303 e. The molecule has 0 aliphatic carbocycles. The third kappa shape index (κ3) is 6.02. The summed E-state index contributed by atoms with van der Waals surface area (Å²) in [5.74, 6) is -0.992. The zero-order valence-electron chi connectivity index (χ0n) is 9.95. The van der Waals surface area contributed by atoms with Gasteiger partial charge in [-0.3, -0.25) is 4.79 Å². The van der Waals surface area contributed by atoms with Crippen LogP contribution in [0.15, 0.2) is 24.3 Å². The number of halogens is 1. The highest BCUT2D eigenvalue weighted by atomic mass is 19.1. The minimum absolute atomic E-state index is 0.185. The lowest BCUT2D eigenvalue weighted by atomic mass is 10.1. The standard InChI is InChI=1S/C13H18FNO2/c1-10(2-7-13(16)17)15-9-8-11-3-5-12(14)6-4-11/h3-6,10,15H,2,7-9H2,1H3,(H,16,17). The van der Waals surface area contributed by atoms with Crippen LogP contribution >= 0.6 is 0 Å². The maximum atomic E-state index is 12.6. The van der Waals surface area contributed by atoms with Gasteiger partial charge in [0, 0.05) is 12.5 Å². The van der Waals surface area contributed by atoms with Crippen molar-refractivity contribution < 1.29 is 14.3 Å². The van der Waals surface area contributed by atoms with Crippen LogP contribution in [0.25, 0.3) is 0 Å². The largest absolute Gasteiger partial charge is 0.481 e. The first kappa shape index (κ1) is 13.6. The first-order valence-electron chi connectivity index (χ1n) is 5.77. The van der Waals surface area contributed by atoms with E-state index in [-0.39, 0.29) is 18.3 Å². The van der Waals surface area contributed by atoms with Gasteiger partial charge in [-0.25, -0.2) is 4.39 Å². The Morgan fingerprint density at radius 3 is 2.65 bits per heavy atom. The summed E-state index contributed by atoms with van der Waals surface area (Å²) < 4.78 is 12.6. The molecule has 0 fully saturated rings. The highest BCUT2D eigenvalue weighted by Crippen LogP contribution is 2.03. The van der Waals surface area contributed by atoms with Crippen molar-refractivity contribution in [2.24, 2.45) is 0 Å². The summed E-state index contributed by atoms with van der Waals surface area (Å²) in [6.45, 7) is 2.74. The van der Waals surface area contributed by atoms with Gasteiger partial charge in [0.15, 0.2) is 0 Å². The molecule has 2 N–H and O–H groups in total. The van der Waals surface area contributed by atoms with E-state index in [0.29, 0.717) is 6.42 Å². The van der Waals surface area contributed by atoms with Gasteiger partial charge in [0.2, 0.25) is 0 Å². The SMILES string of the molecule is CC(CCC(=O)O)NCCc1ccc(F)cc1. The fraction of sp³-hybridized carbons (Fsp3) is 0.462. The Kier molecular flexibility index (Phi) is 5.63. The lowest BCUT2D eigenvalue weighted by Gasteiger charge is -2.12. The molecule has 0 aliphatic heterocycles. The van der Waals surface area contributed by atoms with Crippen molar-refractivity contribution in [2.45, 2.75) is 32.2 Å². The molecule has 1 aromatic rings. The molecule has 4 heteroatoms. The minimum atomic E-state index is -0.766. The van der Waals surface area contributed by atoms with Gasteiger partial charge in [0.05, 0.1) is 0 Å². The van der Waals surface area contributed by atoms with Crippen molar-refractivity contribution in [3.8, 4) is 0 Å². The molecule has 0 saturated heterocycles. The number of carboxylic acid groups (broad SMARTS) is 1. The molecule has 1 unspecified atom stereocenters. The Morgan fingerprint density at radius 2 is 2.06 bits per heavy atom. The van der Waals surface area contributed by atoms with Crippen LogP contribution in [-0.2, 0) is 11.2 Å². The first-order chi connectivity index (χ1) is 8.08. The summed E-state index contributed by atoms with van der Waals surface area (Å²) >= 11 is 0. The Bertz CT molecular complexity index is 351. The lowest BCUT2D eigenvalue weighted by molar-refractivity contribution is -0.137. The van der Waals surface area contributed by atoms with Crippen LogP contribution in [0.4, 0.5) is 4.39 Å². The number of carbonyl (C=O) groups is 1. The lowest BCUT2D eigenvalue weighted by Crippen LogP contribution is -2.28. The molecule has 0 spiro atoms. The fourth-order valence-corrected chi connectivity index (χ4v) is 1.56. The van der Waals surface area contributed by atoms with Gasteiger partial charge in [-0.2, -0.15) is 0 Å². The summed E-state index contributed by atoms with van der Waals surface area (Å²) in [6.07, 6.45) is 1.63. The summed E-state index contributed by atoms with van der Waals surface area (Å²) in [5, 5.41) is 11.8. The molecule has 0 bridgehead atoms. The molecule has 94 valence electrons. The van der Waals surface area contributed by atoms with Crippen molar-refractivity contribution in [1.29, 1.82) is 0 Å². The second kappa shape index (κ2) is 7.01. The molecule has 0 aliphatic rings. The zero-order valence-corrected chi connectivity index (χ0v) is 9.95. The van der Waals surface area contributed by atoms with E-state index in [0.717, 1.165) is 18.5 Å². The van der Waals surface area contributed by atoms with E-state index in [4.69, 9.17) is 5.11 Å². The molecule has 0 radical (unpaired) electrons. The van der Waals surface area contributed by atoms with E-state index >= 15 is 0 Å². The third-order valence-corrected chi connectivity index (χ3v) is 2.61. The van der Waals surface area contributed by atoms with Gasteiger partial charge in [0.1, 0.15) is 5.82 Å². The first-order valence-corrected chi connectivity index (χ1v) is 5.77. The van der Waals surface area contributed by atoms with Crippen LogP contribution in [-0.4, -0.2) is 23.7 Å². The monoisotopic (exact) mass is 239 g/mol. The zero-order chi connectivity index (χ0) is 12.7. The molecule has 0 amide bonds. The molecule has 0 saturated carbocycles. The van der Waals surface area contributed by atoms with Crippen LogP contribution < -0.4 is 5.32 Å². The van der Waals surface area contributed by atoms with Gasteiger partial charge < -0.3 is 10.4 Å². The van der Waals surface area contributed by atoms with E-state index < -0.39 is 5.97 Å². The smallest absolute Gasteiger partial charge is 0.303 e. The van der Waals surface area contributed by atoms with E-state index in [1.807, 2.05) is 6.92 Å². The topological polar surface area (TPSA) is 49.3 Å². The number of hydrogen-bond donors (Lipinski definition) is 2. The summed E-state index contributed by atoms with van der Waals surface area (Å²) in [7, 11) is 0. The fourth-order valence-electron chi connectivity index (χ4n) is 1.56. The molecule has 3 nitrogen and oxygen atoms in total. The Hall–Kier alpha value is -1.42. The predicted molar refractivity (Wildman–Crippen MR) is 64.4 cm³/mol. The number of aliphatic carboxylic acids is 1. The van der Waals surface area contributed by atoms with Crippen molar-refractivity contribution in [1.82, 2.24) is 5.32 Å². The molecular formula is C13H18FNO2. The van der Waals surface area contributed by atoms with Crippen LogP contribution in [0, 0.1) is 5.82 Å². The predicted octanol–water partition coefficient (Wildman–Crippen LogP) is 2.21. The molecule has 17 heavy (non-hydrogen) atoms. The average molecular weight is 239 g/mol. The van der Waals surface area contributed by atoms with Gasteiger partial charge in [-0.05, 0) is 44.0 Å². The summed E-state index contributed by atoms with van der Waals surface area (Å²) in [5.41, 5.74) is 1.07. The van der Waals surface area contributed by atoms with Crippen LogP contribution in [0.1, 0.15) is 25.3 Å². The van der Waals surface area contributed by atoms with Gasteiger partial charge in [0.25, 0.3) is 0 Å². The van der Waals surface area contributed by atoms with Gasteiger partial charge >= 0.3 is 5.97 Å². The van der Waals surface area contributed by atoms with Gasteiger partial charge in [-0.15, -0.1) is 0 Å². The maximum absolute atomic E-state index is 12.6.